The van der Waals surface area contributed by atoms with Crippen LogP contribution in [0.15, 0.2) is 48.5 Å². The molecular weight excluding hydrogens is 299 g/mol. The van der Waals surface area contributed by atoms with Gasteiger partial charge in [-0.15, -0.1) is 0 Å². The van der Waals surface area contributed by atoms with Crippen molar-refractivity contribution < 1.29 is 18.7 Å². The second kappa shape index (κ2) is 7.93. The summed E-state index contributed by atoms with van der Waals surface area (Å²) < 4.78 is 18.1. The molecule has 0 unspecified atom stereocenters. The monoisotopic (exact) mass is 316 g/mol. The van der Waals surface area contributed by atoms with E-state index >= 15 is 0 Å². The van der Waals surface area contributed by atoms with Crippen LogP contribution in [0, 0.1) is 5.82 Å². The van der Waals surface area contributed by atoms with Crippen LogP contribution in [-0.4, -0.2) is 32.0 Å². The van der Waals surface area contributed by atoms with E-state index in [2.05, 4.69) is 10.6 Å². The van der Waals surface area contributed by atoms with Crippen LogP contribution in [0.2, 0.25) is 0 Å². The molecule has 2 aromatic carbocycles. The first-order chi connectivity index (χ1) is 11.1. The zero-order valence-corrected chi connectivity index (χ0v) is 12.6. The van der Waals surface area contributed by atoms with Gasteiger partial charge in [0.2, 0.25) is 0 Å². The summed E-state index contributed by atoms with van der Waals surface area (Å²) in [6, 6.07) is 12.2. The van der Waals surface area contributed by atoms with Gasteiger partial charge in [0.25, 0.3) is 11.8 Å². The Hall–Kier alpha value is -2.89. The third-order valence-corrected chi connectivity index (χ3v) is 3.11. The number of nitrogens with one attached hydrogen (secondary N) is 2. The number of benzene rings is 2. The second-order valence-electron chi connectivity index (χ2n) is 4.75. The minimum atomic E-state index is -0.469. The number of hydrogen-bond acceptors (Lipinski definition) is 3. The lowest BCUT2D eigenvalue weighted by Gasteiger charge is -2.08. The third-order valence-electron chi connectivity index (χ3n) is 3.11. The van der Waals surface area contributed by atoms with Crippen LogP contribution >= 0.6 is 0 Å². The van der Waals surface area contributed by atoms with Crippen molar-refractivity contribution in [1.29, 1.82) is 0 Å². The minimum absolute atomic E-state index is 0.240. The highest BCUT2D eigenvalue weighted by molar-refractivity contribution is 5.95. The van der Waals surface area contributed by atoms with Gasteiger partial charge in [-0.3, -0.25) is 9.59 Å². The molecule has 2 rings (SSSR count). The second-order valence-corrected chi connectivity index (χ2v) is 4.75. The Kier molecular flexibility index (Phi) is 5.68. The van der Waals surface area contributed by atoms with Crippen molar-refractivity contribution in [3.05, 3.63) is 65.5 Å². The molecule has 0 spiro atoms. The molecule has 120 valence electrons. The Morgan fingerprint density at radius 2 is 1.52 bits per heavy atom. The van der Waals surface area contributed by atoms with E-state index in [0.717, 1.165) is 6.07 Å². The molecule has 0 atom stereocenters. The molecule has 0 saturated heterocycles. The van der Waals surface area contributed by atoms with Gasteiger partial charge in [-0.1, -0.05) is 12.1 Å². The summed E-state index contributed by atoms with van der Waals surface area (Å²) in [6.45, 7) is 0.502. The highest BCUT2D eigenvalue weighted by Crippen LogP contribution is 2.12. The Balaban J connectivity index is 1.78. The molecule has 0 heterocycles. The van der Waals surface area contributed by atoms with Gasteiger partial charge in [-0.05, 0) is 36.4 Å². The summed E-state index contributed by atoms with van der Waals surface area (Å²) in [5, 5.41) is 5.30. The maximum absolute atomic E-state index is 13.0. The minimum Gasteiger partial charge on any atom is -0.497 e. The molecular formula is C17H17FN2O3. The SMILES string of the molecule is COc1cccc(C(=O)NCCNC(=O)c2cccc(F)c2)c1. The molecule has 2 N–H and O–H groups in total. The third kappa shape index (κ3) is 4.81. The van der Waals surface area contributed by atoms with Gasteiger partial charge in [0.1, 0.15) is 11.6 Å². The summed E-state index contributed by atoms with van der Waals surface area (Å²) in [4.78, 5) is 23.7. The van der Waals surface area contributed by atoms with Crippen LogP contribution in [0.25, 0.3) is 0 Å². The van der Waals surface area contributed by atoms with Crippen molar-refractivity contribution in [3.8, 4) is 5.75 Å². The van der Waals surface area contributed by atoms with E-state index in [1.165, 1.54) is 25.3 Å². The molecule has 0 radical (unpaired) electrons. The zero-order chi connectivity index (χ0) is 16.7. The summed E-state index contributed by atoms with van der Waals surface area (Å²) in [7, 11) is 1.53. The highest BCUT2D eigenvalue weighted by Gasteiger charge is 2.08. The number of methoxy groups -OCH3 is 1. The fourth-order valence-corrected chi connectivity index (χ4v) is 1.95. The Morgan fingerprint density at radius 1 is 0.957 bits per heavy atom. The van der Waals surface area contributed by atoms with Crippen molar-refractivity contribution in [2.24, 2.45) is 0 Å². The lowest BCUT2D eigenvalue weighted by molar-refractivity contribution is 0.0927. The molecule has 0 bridgehead atoms. The van der Waals surface area contributed by atoms with Gasteiger partial charge in [-0.25, -0.2) is 4.39 Å². The number of amides is 2. The molecule has 2 amide bonds. The van der Waals surface area contributed by atoms with Gasteiger partial charge in [-0.2, -0.15) is 0 Å². The molecule has 0 aliphatic carbocycles. The first kappa shape index (κ1) is 16.5. The van der Waals surface area contributed by atoms with Crippen molar-refractivity contribution in [3.63, 3.8) is 0 Å². The average molecular weight is 316 g/mol. The number of hydrogen-bond donors (Lipinski definition) is 2. The molecule has 23 heavy (non-hydrogen) atoms. The van der Waals surface area contributed by atoms with Crippen molar-refractivity contribution >= 4 is 11.8 Å². The van der Waals surface area contributed by atoms with E-state index in [4.69, 9.17) is 4.74 Å². The molecule has 0 saturated carbocycles. The van der Waals surface area contributed by atoms with Gasteiger partial charge < -0.3 is 15.4 Å². The molecule has 0 fully saturated rings. The average Bonchev–Trinajstić information content (AvgIpc) is 2.58. The van der Waals surface area contributed by atoms with Gasteiger partial charge in [0, 0.05) is 24.2 Å². The zero-order valence-electron chi connectivity index (χ0n) is 12.6. The van der Waals surface area contributed by atoms with E-state index in [1.807, 2.05) is 0 Å². The fraction of sp³-hybridized carbons (Fsp3) is 0.176. The number of ether oxygens (including phenoxy) is 1. The van der Waals surface area contributed by atoms with Crippen LogP contribution in [0.4, 0.5) is 4.39 Å². The van der Waals surface area contributed by atoms with Crippen molar-refractivity contribution in [1.82, 2.24) is 10.6 Å². The number of rotatable bonds is 6. The number of carbonyl (C=O) groups excluding carboxylic acids is 2. The topological polar surface area (TPSA) is 67.4 Å². The van der Waals surface area contributed by atoms with Crippen LogP contribution in [0.5, 0.6) is 5.75 Å². The van der Waals surface area contributed by atoms with E-state index in [-0.39, 0.29) is 30.5 Å². The van der Waals surface area contributed by atoms with Crippen molar-refractivity contribution in [2.75, 3.05) is 20.2 Å². The predicted molar refractivity (Wildman–Crippen MR) is 84.1 cm³/mol. The Bertz CT molecular complexity index is 704. The van der Waals surface area contributed by atoms with Crippen LogP contribution in [0.3, 0.4) is 0 Å². The van der Waals surface area contributed by atoms with E-state index in [1.54, 1.807) is 24.3 Å². The summed E-state index contributed by atoms with van der Waals surface area (Å²) in [5.74, 6) is -0.523. The highest BCUT2D eigenvalue weighted by atomic mass is 19.1. The molecule has 0 aliphatic heterocycles. The molecule has 5 nitrogen and oxygen atoms in total. The quantitative estimate of drug-likeness (QED) is 0.801. The molecule has 0 aliphatic rings. The summed E-state index contributed by atoms with van der Waals surface area (Å²) in [6.07, 6.45) is 0. The van der Waals surface area contributed by atoms with E-state index < -0.39 is 5.82 Å². The summed E-state index contributed by atoms with van der Waals surface area (Å²) in [5.41, 5.74) is 0.713. The van der Waals surface area contributed by atoms with E-state index in [0.29, 0.717) is 11.3 Å². The lowest BCUT2D eigenvalue weighted by Crippen LogP contribution is -2.34. The Morgan fingerprint density at radius 3 is 2.09 bits per heavy atom. The fourth-order valence-electron chi connectivity index (χ4n) is 1.95. The number of halogens is 1. The maximum Gasteiger partial charge on any atom is 0.251 e. The predicted octanol–water partition coefficient (Wildman–Crippen LogP) is 1.99. The molecule has 6 heteroatoms. The number of carbonyl (C=O) groups is 2. The molecule has 2 aromatic rings. The van der Waals surface area contributed by atoms with Gasteiger partial charge in [0.05, 0.1) is 7.11 Å². The first-order valence-electron chi connectivity index (χ1n) is 7.06. The maximum atomic E-state index is 13.0. The summed E-state index contributed by atoms with van der Waals surface area (Å²) >= 11 is 0. The van der Waals surface area contributed by atoms with Gasteiger partial charge in [0.15, 0.2) is 0 Å². The van der Waals surface area contributed by atoms with Crippen molar-refractivity contribution in [2.45, 2.75) is 0 Å². The smallest absolute Gasteiger partial charge is 0.251 e. The van der Waals surface area contributed by atoms with Crippen LogP contribution < -0.4 is 15.4 Å². The standard InChI is InChI=1S/C17H17FN2O3/c1-23-15-7-3-5-13(11-15)17(22)20-9-8-19-16(21)12-4-2-6-14(18)10-12/h2-7,10-11H,8-9H2,1H3,(H,19,21)(H,20,22). The largest absolute Gasteiger partial charge is 0.497 e. The van der Waals surface area contributed by atoms with E-state index in [9.17, 15) is 14.0 Å². The Labute approximate surface area is 133 Å². The van der Waals surface area contributed by atoms with Gasteiger partial charge >= 0.3 is 0 Å². The molecule has 0 aromatic heterocycles. The van der Waals surface area contributed by atoms with Crippen LogP contribution in [0.1, 0.15) is 20.7 Å². The lowest BCUT2D eigenvalue weighted by atomic mass is 10.2. The first-order valence-corrected chi connectivity index (χ1v) is 7.06. The normalized spacial score (nSPS) is 10.0. The van der Waals surface area contributed by atoms with Crippen LogP contribution in [-0.2, 0) is 0 Å².